The summed E-state index contributed by atoms with van der Waals surface area (Å²) in [6.07, 6.45) is 5.20. The highest BCUT2D eigenvalue weighted by atomic mass is 16.4. The summed E-state index contributed by atoms with van der Waals surface area (Å²) >= 11 is 0. The lowest BCUT2D eigenvalue weighted by atomic mass is 9.80. The Morgan fingerprint density at radius 1 is 1.47 bits per heavy atom. The van der Waals surface area contributed by atoms with Gasteiger partial charge in [-0.05, 0) is 30.9 Å². The number of hydrogen-bond donors (Lipinski definition) is 1. The number of oxime groups is 1. The smallest absolute Gasteiger partial charge is 0.137 e. The first kappa shape index (κ1) is 11.9. The molecule has 0 fully saturated rings. The van der Waals surface area contributed by atoms with Crippen LogP contribution in [0.3, 0.4) is 0 Å². The molecule has 0 amide bonds. The lowest BCUT2D eigenvalue weighted by Crippen LogP contribution is -2.28. The van der Waals surface area contributed by atoms with Crippen molar-refractivity contribution < 1.29 is 5.21 Å². The van der Waals surface area contributed by atoms with Gasteiger partial charge < -0.3 is 5.21 Å². The van der Waals surface area contributed by atoms with E-state index in [0.717, 1.165) is 24.1 Å². The van der Waals surface area contributed by atoms with Gasteiger partial charge in [0.25, 0.3) is 0 Å². The van der Waals surface area contributed by atoms with Crippen molar-refractivity contribution in [2.75, 3.05) is 0 Å². The van der Waals surface area contributed by atoms with Crippen molar-refractivity contribution in [2.24, 2.45) is 11.1 Å². The Hall–Kier alpha value is -2.17. The predicted octanol–water partition coefficient (Wildman–Crippen LogP) is 2.03. The van der Waals surface area contributed by atoms with Crippen LogP contribution >= 0.6 is 0 Å². The van der Waals surface area contributed by atoms with Crippen molar-refractivity contribution in [1.82, 2.24) is 14.8 Å². The van der Waals surface area contributed by atoms with Gasteiger partial charge >= 0.3 is 0 Å². The van der Waals surface area contributed by atoms with Gasteiger partial charge in [-0.3, -0.25) is 4.68 Å². The number of aryl methyl sites for hydroxylation is 1. The van der Waals surface area contributed by atoms with Crippen LogP contribution in [0.4, 0.5) is 0 Å². The Balaban J connectivity index is 1.94. The van der Waals surface area contributed by atoms with Crippen molar-refractivity contribution in [3.05, 3.63) is 47.5 Å². The molecular formula is C14H16N4O. The summed E-state index contributed by atoms with van der Waals surface area (Å²) in [6.45, 7) is 2.80. The van der Waals surface area contributed by atoms with Crippen LogP contribution in [0.5, 0.6) is 0 Å². The molecule has 0 bridgehead atoms. The Morgan fingerprint density at radius 2 is 2.37 bits per heavy atom. The molecule has 1 aliphatic rings. The Bertz CT molecular complexity index is 604. The standard InChI is InChI=1S/C14H16N4O/c1-10-3-2-4-13-12(10)6-5-11(14(13)17-19)7-18-9-15-8-16-18/h2-4,8-9,11,19H,5-7H2,1H3/b17-14-. The summed E-state index contributed by atoms with van der Waals surface area (Å²) in [4.78, 5) is 3.95. The molecule has 1 aliphatic carbocycles. The average molecular weight is 256 g/mol. The minimum Gasteiger partial charge on any atom is -0.411 e. The number of nitrogens with zero attached hydrogens (tertiary/aromatic N) is 4. The van der Waals surface area contributed by atoms with Crippen molar-refractivity contribution in [2.45, 2.75) is 26.3 Å². The van der Waals surface area contributed by atoms with E-state index in [2.05, 4.69) is 28.2 Å². The SMILES string of the molecule is Cc1cccc2c1CCC(Cn1cncn1)/C2=N/O. The van der Waals surface area contributed by atoms with Gasteiger partial charge in [0.2, 0.25) is 0 Å². The largest absolute Gasteiger partial charge is 0.411 e. The second-order valence-corrected chi connectivity index (χ2v) is 4.94. The van der Waals surface area contributed by atoms with Gasteiger partial charge in [-0.2, -0.15) is 5.10 Å². The molecule has 5 nitrogen and oxygen atoms in total. The van der Waals surface area contributed by atoms with E-state index < -0.39 is 0 Å². The zero-order valence-corrected chi connectivity index (χ0v) is 10.8. The summed E-state index contributed by atoms with van der Waals surface area (Å²) in [5.74, 6) is 0.181. The number of benzene rings is 1. The van der Waals surface area contributed by atoms with Gasteiger partial charge in [-0.15, -0.1) is 0 Å². The monoisotopic (exact) mass is 256 g/mol. The number of rotatable bonds is 2. The van der Waals surface area contributed by atoms with Gasteiger partial charge in [0.05, 0.1) is 12.3 Å². The number of hydrogen-bond acceptors (Lipinski definition) is 4. The Labute approximate surface area is 111 Å². The molecule has 0 saturated carbocycles. The van der Waals surface area contributed by atoms with E-state index in [1.165, 1.54) is 17.5 Å². The molecule has 0 spiro atoms. The van der Waals surface area contributed by atoms with Crippen LogP contribution in [-0.2, 0) is 13.0 Å². The maximum atomic E-state index is 9.37. The summed E-state index contributed by atoms with van der Waals surface area (Å²) in [6, 6.07) is 6.15. The minimum absolute atomic E-state index is 0.181. The summed E-state index contributed by atoms with van der Waals surface area (Å²) in [7, 11) is 0. The number of aromatic nitrogens is 3. The molecule has 19 heavy (non-hydrogen) atoms. The summed E-state index contributed by atoms with van der Waals surface area (Å²) < 4.78 is 1.79. The van der Waals surface area contributed by atoms with Gasteiger partial charge in [0.1, 0.15) is 12.7 Å². The summed E-state index contributed by atoms with van der Waals surface area (Å²) in [5, 5.41) is 17.0. The third-order valence-corrected chi connectivity index (χ3v) is 3.80. The topological polar surface area (TPSA) is 63.3 Å². The molecule has 5 heteroatoms. The molecule has 1 N–H and O–H groups in total. The molecule has 0 aliphatic heterocycles. The zero-order valence-electron chi connectivity index (χ0n) is 10.8. The quantitative estimate of drug-likeness (QED) is 0.660. The maximum Gasteiger partial charge on any atom is 0.137 e. The molecular weight excluding hydrogens is 240 g/mol. The molecule has 2 aromatic rings. The molecule has 3 rings (SSSR count). The van der Waals surface area contributed by atoms with Gasteiger partial charge in [0, 0.05) is 11.5 Å². The van der Waals surface area contributed by atoms with Crippen molar-refractivity contribution >= 4 is 5.71 Å². The first-order valence-corrected chi connectivity index (χ1v) is 6.43. The van der Waals surface area contributed by atoms with Crippen molar-refractivity contribution in [3.8, 4) is 0 Å². The highest BCUT2D eigenvalue weighted by molar-refractivity contribution is 6.04. The lowest BCUT2D eigenvalue weighted by molar-refractivity contribution is 0.311. The first-order valence-electron chi connectivity index (χ1n) is 6.43. The Kier molecular flexibility index (Phi) is 3.03. The van der Waals surface area contributed by atoms with E-state index >= 15 is 0 Å². The predicted molar refractivity (Wildman–Crippen MR) is 71.3 cm³/mol. The van der Waals surface area contributed by atoms with Crippen LogP contribution in [-0.4, -0.2) is 25.7 Å². The van der Waals surface area contributed by atoms with E-state index in [-0.39, 0.29) is 5.92 Å². The molecule has 1 aromatic carbocycles. The van der Waals surface area contributed by atoms with E-state index in [1.807, 2.05) is 12.1 Å². The lowest BCUT2D eigenvalue weighted by Gasteiger charge is -2.26. The van der Waals surface area contributed by atoms with Crippen LogP contribution in [0.25, 0.3) is 0 Å². The summed E-state index contributed by atoms with van der Waals surface area (Å²) in [5.41, 5.74) is 4.39. The van der Waals surface area contributed by atoms with Crippen LogP contribution in [0.1, 0.15) is 23.1 Å². The molecule has 1 heterocycles. The molecule has 1 aromatic heterocycles. The van der Waals surface area contributed by atoms with Crippen LogP contribution in [0.15, 0.2) is 36.0 Å². The zero-order chi connectivity index (χ0) is 13.2. The van der Waals surface area contributed by atoms with Crippen LogP contribution in [0.2, 0.25) is 0 Å². The molecule has 0 saturated heterocycles. The normalized spacial score (nSPS) is 20.5. The van der Waals surface area contributed by atoms with Gasteiger partial charge in [0.15, 0.2) is 0 Å². The fraction of sp³-hybridized carbons (Fsp3) is 0.357. The second kappa shape index (κ2) is 4.84. The van der Waals surface area contributed by atoms with E-state index in [9.17, 15) is 5.21 Å². The van der Waals surface area contributed by atoms with E-state index in [0.29, 0.717) is 6.54 Å². The van der Waals surface area contributed by atoms with E-state index in [1.54, 1.807) is 11.0 Å². The third kappa shape index (κ3) is 2.12. The molecule has 1 atom stereocenters. The number of fused-ring (bicyclic) bond motifs is 1. The minimum atomic E-state index is 0.181. The third-order valence-electron chi connectivity index (χ3n) is 3.80. The highest BCUT2D eigenvalue weighted by Crippen LogP contribution is 2.29. The van der Waals surface area contributed by atoms with Gasteiger partial charge in [-0.1, -0.05) is 23.4 Å². The fourth-order valence-electron chi connectivity index (χ4n) is 2.82. The second-order valence-electron chi connectivity index (χ2n) is 4.94. The Morgan fingerprint density at radius 3 is 3.11 bits per heavy atom. The van der Waals surface area contributed by atoms with Crippen LogP contribution in [0, 0.1) is 12.8 Å². The molecule has 0 radical (unpaired) electrons. The van der Waals surface area contributed by atoms with Crippen molar-refractivity contribution in [1.29, 1.82) is 0 Å². The maximum absolute atomic E-state index is 9.37. The first-order chi connectivity index (χ1) is 9.29. The van der Waals surface area contributed by atoms with Crippen molar-refractivity contribution in [3.63, 3.8) is 0 Å². The highest BCUT2D eigenvalue weighted by Gasteiger charge is 2.27. The molecule has 1 unspecified atom stereocenters. The van der Waals surface area contributed by atoms with E-state index in [4.69, 9.17) is 0 Å². The molecule has 98 valence electrons. The van der Waals surface area contributed by atoms with Gasteiger partial charge in [-0.25, -0.2) is 4.98 Å². The average Bonchev–Trinajstić information content (AvgIpc) is 2.92. The fourth-order valence-corrected chi connectivity index (χ4v) is 2.82. The van der Waals surface area contributed by atoms with Crippen LogP contribution < -0.4 is 0 Å².